The van der Waals surface area contributed by atoms with E-state index >= 15 is 0 Å². The second-order valence-corrected chi connectivity index (χ2v) is 8.60. The predicted molar refractivity (Wildman–Crippen MR) is 77.7 cm³/mol. The number of sulfone groups is 1. The molecule has 0 bridgehead atoms. The zero-order chi connectivity index (χ0) is 13.9. The Labute approximate surface area is 123 Å². The van der Waals surface area contributed by atoms with E-state index < -0.39 is 15.9 Å². The number of aliphatic hydroxyl groups is 1. The van der Waals surface area contributed by atoms with Gasteiger partial charge in [0.05, 0.1) is 27.9 Å². The van der Waals surface area contributed by atoms with Crippen molar-refractivity contribution in [2.75, 3.05) is 5.75 Å². The molecule has 0 spiro atoms. The van der Waals surface area contributed by atoms with Crippen molar-refractivity contribution in [3.8, 4) is 0 Å². The van der Waals surface area contributed by atoms with Crippen LogP contribution in [0.4, 0.5) is 0 Å². The van der Waals surface area contributed by atoms with Gasteiger partial charge in [0.15, 0.2) is 9.84 Å². The Morgan fingerprint density at radius 3 is 2.89 bits per heavy atom. The van der Waals surface area contributed by atoms with Gasteiger partial charge in [-0.25, -0.2) is 8.42 Å². The molecule has 2 aromatic heterocycles. The summed E-state index contributed by atoms with van der Waals surface area (Å²) < 4.78 is 26.3. The van der Waals surface area contributed by atoms with E-state index in [1.807, 2.05) is 0 Å². The minimum Gasteiger partial charge on any atom is -0.390 e. The molecule has 0 aliphatic carbocycles. The number of hydrogen-bond donors (Lipinski definition) is 1. The van der Waals surface area contributed by atoms with Crippen molar-refractivity contribution >= 4 is 37.1 Å². The van der Waals surface area contributed by atoms with Crippen LogP contribution in [0.25, 0.3) is 0 Å². The van der Waals surface area contributed by atoms with Gasteiger partial charge in [0.2, 0.25) is 0 Å². The highest BCUT2D eigenvalue weighted by atomic mass is 79.9. The van der Waals surface area contributed by atoms with Crippen molar-refractivity contribution in [1.29, 1.82) is 0 Å². The largest absolute Gasteiger partial charge is 0.390 e. The summed E-state index contributed by atoms with van der Waals surface area (Å²) in [5.74, 6) is -0.314. The molecule has 2 aromatic rings. The zero-order valence-corrected chi connectivity index (χ0v) is 13.2. The summed E-state index contributed by atoms with van der Waals surface area (Å²) in [6.45, 7) is 0.180. The maximum Gasteiger partial charge on any atom is 0.157 e. The minimum atomic E-state index is -3.33. The van der Waals surface area contributed by atoms with Gasteiger partial charge in [0.25, 0.3) is 0 Å². The Bertz CT molecular complexity index is 622. The molecule has 8 heteroatoms. The van der Waals surface area contributed by atoms with Crippen LogP contribution < -0.4 is 0 Å². The number of rotatable bonds is 6. The third-order valence-corrected chi connectivity index (χ3v) is 5.63. The molecule has 0 unspecified atom stereocenters. The highest BCUT2D eigenvalue weighted by Gasteiger charge is 2.19. The number of aromatic nitrogens is 2. The topological polar surface area (TPSA) is 72.2 Å². The average molecular weight is 365 g/mol. The van der Waals surface area contributed by atoms with E-state index in [4.69, 9.17) is 0 Å². The quantitative estimate of drug-likeness (QED) is 0.846. The van der Waals surface area contributed by atoms with E-state index in [2.05, 4.69) is 21.0 Å². The Morgan fingerprint density at radius 1 is 1.53 bits per heavy atom. The van der Waals surface area contributed by atoms with Crippen LogP contribution in [-0.4, -0.2) is 35.2 Å². The lowest BCUT2D eigenvalue weighted by Crippen LogP contribution is -2.26. The maximum absolute atomic E-state index is 11.9. The van der Waals surface area contributed by atoms with Crippen molar-refractivity contribution in [2.24, 2.45) is 0 Å². The SMILES string of the molecule is O=S(=O)(Cc1csc(Br)c1)C[C@H](O)Cn1cccn1. The van der Waals surface area contributed by atoms with Crippen LogP contribution in [0.2, 0.25) is 0 Å². The Morgan fingerprint density at radius 2 is 2.32 bits per heavy atom. The van der Waals surface area contributed by atoms with Crippen molar-refractivity contribution in [3.05, 3.63) is 39.3 Å². The normalized spacial score (nSPS) is 13.6. The first-order valence-electron chi connectivity index (χ1n) is 5.53. The molecule has 2 heterocycles. The molecule has 0 saturated carbocycles. The van der Waals surface area contributed by atoms with Crippen molar-refractivity contribution in [3.63, 3.8) is 0 Å². The maximum atomic E-state index is 11.9. The molecular weight excluding hydrogens is 352 g/mol. The fraction of sp³-hybridized carbons (Fsp3) is 0.364. The van der Waals surface area contributed by atoms with Crippen LogP contribution in [0, 0.1) is 0 Å². The molecule has 0 aliphatic heterocycles. The van der Waals surface area contributed by atoms with Gasteiger partial charge in [-0.2, -0.15) is 5.10 Å². The molecule has 0 saturated heterocycles. The lowest BCUT2D eigenvalue weighted by atomic mass is 10.4. The van der Waals surface area contributed by atoms with Crippen LogP contribution in [0.5, 0.6) is 0 Å². The Balaban J connectivity index is 1.93. The average Bonchev–Trinajstić information content (AvgIpc) is 2.88. The number of thiophene rings is 1. The summed E-state index contributed by atoms with van der Waals surface area (Å²) in [6, 6.07) is 3.51. The second kappa shape index (κ2) is 6.17. The number of nitrogens with zero attached hydrogens (tertiary/aromatic N) is 2. The number of hydrogen-bond acceptors (Lipinski definition) is 5. The molecule has 0 amide bonds. The monoisotopic (exact) mass is 364 g/mol. The molecule has 0 aliphatic rings. The lowest BCUT2D eigenvalue weighted by Gasteiger charge is -2.11. The molecule has 0 radical (unpaired) electrons. The highest BCUT2D eigenvalue weighted by Crippen LogP contribution is 2.22. The van der Waals surface area contributed by atoms with E-state index in [1.54, 1.807) is 29.9 Å². The summed E-state index contributed by atoms with van der Waals surface area (Å²) in [7, 11) is -3.33. The summed E-state index contributed by atoms with van der Waals surface area (Å²) in [6.07, 6.45) is 2.32. The molecule has 5 nitrogen and oxygen atoms in total. The van der Waals surface area contributed by atoms with E-state index in [-0.39, 0.29) is 18.1 Å². The third-order valence-electron chi connectivity index (χ3n) is 2.41. The van der Waals surface area contributed by atoms with Crippen molar-refractivity contribution in [2.45, 2.75) is 18.4 Å². The van der Waals surface area contributed by atoms with E-state index in [9.17, 15) is 13.5 Å². The van der Waals surface area contributed by atoms with E-state index in [1.165, 1.54) is 16.0 Å². The smallest absolute Gasteiger partial charge is 0.157 e. The van der Waals surface area contributed by atoms with Crippen molar-refractivity contribution < 1.29 is 13.5 Å². The van der Waals surface area contributed by atoms with Crippen LogP contribution in [0.15, 0.2) is 33.7 Å². The fourth-order valence-electron chi connectivity index (χ4n) is 1.70. The Hall–Kier alpha value is -0.700. The molecule has 0 aromatic carbocycles. The van der Waals surface area contributed by atoms with E-state index in [0.29, 0.717) is 0 Å². The molecule has 1 N–H and O–H groups in total. The number of halogens is 1. The molecule has 2 rings (SSSR count). The summed E-state index contributed by atoms with van der Waals surface area (Å²) in [4.78, 5) is 0. The van der Waals surface area contributed by atoms with Crippen LogP contribution in [-0.2, 0) is 22.1 Å². The van der Waals surface area contributed by atoms with Crippen LogP contribution >= 0.6 is 27.3 Å². The van der Waals surface area contributed by atoms with Crippen molar-refractivity contribution in [1.82, 2.24) is 9.78 Å². The lowest BCUT2D eigenvalue weighted by molar-refractivity contribution is 0.171. The summed E-state index contributed by atoms with van der Waals surface area (Å²) in [5.41, 5.74) is 0.739. The predicted octanol–water partition coefficient (Wildman–Crippen LogP) is 1.68. The van der Waals surface area contributed by atoms with Gasteiger partial charge in [-0.3, -0.25) is 4.68 Å². The van der Waals surface area contributed by atoms with Gasteiger partial charge in [-0.15, -0.1) is 11.3 Å². The highest BCUT2D eigenvalue weighted by molar-refractivity contribution is 9.11. The van der Waals surface area contributed by atoms with Crippen LogP contribution in [0.1, 0.15) is 5.56 Å². The fourth-order valence-corrected chi connectivity index (χ4v) is 4.50. The molecule has 19 heavy (non-hydrogen) atoms. The van der Waals surface area contributed by atoms with Gasteiger partial charge < -0.3 is 5.11 Å². The third kappa shape index (κ3) is 4.72. The standard InChI is InChI=1S/C11H13BrN2O3S2/c12-11-4-9(6-18-11)7-19(16,17)8-10(15)5-14-3-1-2-13-14/h1-4,6,10,15H,5,7-8H2/t10-/m1/s1. The first-order valence-corrected chi connectivity index (χ1v) is 9.03. The van der Waals surface area contributed by atoms with Gasteiger partial charge in [0.1, 0.15) is 0 Å². The Kier molecular flexibility index (Phi) is 4.77. The molecule has 104 valence electrons. The summed E-state index contributed by atoms with van der Waals surface area (Å²) in [5, 5.41) is 15.5. The van der Waals surface area contributed by atoms with Gasteiger partial charge in [-0.05, 0) is 39.0 Å². The first kappa shape index (κ1) is 14.7. The minimum absolute atomic E-state index is 0.0503. The molecular formula is C11H13BrN2O3S2. The van der Waals surface area contributed by atoms with Crippen LogP contribution in [0.3, 0.4) is 0 Å². The van der Waals surface area contributed by atoms with Gasteiger partial charge >= 0.3 is 0 Å². The molecule has 0 fully saturated rings. The van der Waals surface area contributed by atoms with Gasteiger partial charge in [-0.1, -0.05) is 0 Å². The summed E-state index contributed by atoms with van der Waals surface area (Å²) >= 11 is 4.74. The number of aliphatic hydroxyl groups excluding tert-OH is 1. The first-order chi connectivity index (χ1) is 8.94. The second-order valence-electron chi connectivity index (χ2n) is 4.20. The zero-order valence-electron chi connectivity index (χ0n) is 9.94. The van der Waals surface area contributed by atoms with Gasteiger partial charge in [0, 0.05) is 12.4 Å². The molecule has 1 atom stereocenters. The van der Waals surface area contributed by atoms with E-state index in [0.717, 1.165) is 9.35 Å².